The quantitative estimate of drug-likeness (QED) is 0.373. The minimum Gasteiger partial charge on any atom is -0.348 e. The van der Waals surface area contributed by atoms with Crippen molar-refractivity contribution >= 4 is 29.0 Å². The van der Waals surface area contributed by atoms with Crippen molar-refractivity contribution in [1.29, 1.82) is 0 Å². The molecular weight excluding hydrogens is 440 g/mol. The first-order chi connectivity index (χ1) is 15.6. The van der Waals surface area contributed by atoms with Crippen LogP contribution >= 0.6 is 23.1 Å². The predicted molar refractivity (Wildman–Crippen MR) is 128 cm³/mol. The number of carbonyl (C=O) groups is 1. The second kappa shape index (κ2) is 10.1. The van der Waals surface area contributed by atoms with Crippen molar-refractivity contribution in [3.63, 3.8) is 0 Å². The van der Waals surface area contributed by atoms with Crippen molar-refractivity contribution in [2.24, 2.45) is 0 Å². The van der Waals surface area contributed by atoms with Crippen LogP contribution in [0.1, 0.15) is 41.3 Å². The fraction of sp³-hybridized carbons (Fsp3) is 0.261. The molecule has 0 spiro atoms. The molecule has 1 atom stereocenters. The van der Waals surface area contributed by atoms with Gasteiger partial charge in [-0.3, -0.25) is 14.3 Å². The van der Waals surface area contributed by atoms with Crippen LogP contribution in [0.5, 0.6) is 0 Å². The number of hydrogen-bond acceptors (Lipinski definition) is 7. The second-order valence-corrected chi connectivity index (χ2v) is 9.25. The number of amides is 1. The number of thioether (sulfide) groups is 1. The lowest BCUT2D eigenvalue weighted by Gasteiger charge is -2.12. The molecule has 1 N–H and O–H groups in total. The third-order valence-corrected chi connectivity index (χ3v) is 6.98. The van der Waals surface area contributed by atoms with Crippen molar-refractivity contribution < 1.29 is 4.79 Å². The molecule has 0 aliphatic carbocycles. The highest BCUT2D eigenvalue weighted by Gasteiger charge is 2.19. The Morgan fingerprint density at radius 1 is 1.22 bits per heavy atom. The van der Waals surface area contributed by atoms with Crippen molar-refractivity contribution in [3.05, 3.63) is 70.4 Å². The largest absolute Gasteiger partial charge is 0.348 e. The summed E-state index contributed by atoms with van der Waals surface area (Å²) in [6, 6.07) is 12.1. The van der Waals surface area contributed by atoms with Gasteiger partial charge in [-0.05, 0) is 44.0 Å². The lowest BCUT2D eigenvalue weighted by Crippen LogP contribution is -2.32. The molecule has 3 aromatic heterocycles. The van der Waals surface area contributed by atoms with E-state index in [2.05, 4.69) is 49.1 Å². The topological polar surface area (TPSA) is 85.6 Å². The highest BCUT2D eigenvalue weighted by Crippen LogP contribution is 2.31. The summed E-state index contributed by atoms with van der Waals surface area (Å²) < 4.78 is 2.06. The molecule has 164 valence electrons. The van der Waals surface area contributed by atoms with Gasteiger partial charge in [-0.25, -0.2) is 4.98 Å². The molecule has 0 radical (unpaired) electrons. The zero-order chi connectivity index (χ0) is 22.5. The molecule has 0 saturated heterocycles. The van der Waals surface area contributed by atoms with E-state index in [0.717, 1.165) is 39.2 Å². The molecule has 3 heterocycles. The van der Waals surface area contributed by atoms with Gasteiger partial charge in [0.15, 0.2) is 11.0 Å². The van der Waals surface area contributed by atoms with Crippen LogP contribution in [0.25, 0.3) is 17.1 Å². The Kier molecular flexibility index (Phi) is 6.96. The lowest BCUT2D eigenvalue weighted by atomic mass is 10.2. The number of rotatable bonds is 8. The lowest BCUT2D eigenvalue weighted by molar-refractivity contribution is 0.0935. The Morgan fingerprint density at radius 2 is 2.06 bits per heavy atom. The number of carbonyl (C=O) groups excluding carboxylic acids is 1. The summed E-state index contributed by atoms with van der Waals surface area (Å²) in [5.74, 6) is 1.20. The molecule has 7 nitrogen and oxygen atoms in total. The number of para-hydroxylation sites is 1. The number of aromatic nitrogens is 5. The Morgan fingerprint density at radius 3 is 2.81 bits per heavy atom. The summed E-state index contributed by atoms with van der Waals surface area (Å²) in [4.78, 5) is 21.1. The van der Waals surface area contributed by atoms with Gasteiger partial charge in [0.25, 0.3) is 5.91 Å². The molecule has 1 aromatic carbocycles. The fourth-order valence-corrected chi connectivity index (χ4v) is 4.82. The van der Waals surface area contributed by atoms with Gasteiger partial charge < -0.3 is 5.32 Å². The van der Waals surface area contributed by atoms with E-state index in [1.54, 1.807) is 29.5 Å². The zero-order valence-corrected chi connectivity index (χ0v) is 19.8. The standard InChI is InChI=1S/C23H24N6OS2/c1-4-16(3)25-22(30)18-13-31-20(26-18)14-32-23-28-27-21(17-9-7-11-24-12-17)29(23)19-10-6-5-8-15(19)2/h5-13,16H,4,14H2,1-3H3,(H,25,30). The van der Waals surface area contributed by atoms with Crippen molar-refractivity contribution in [1.82, 2.24) is 30.0 Å². The fourth-order valence-electron chi connectivity index (χ4n) is 3.08. The van der Waals surface area contributed by atoms with Crippen LogP contribution in [0.15, 0.2) is 59.3 Å². The summed E-state index contributed by atoms with van der Waals surface area (Å²) in [5, 5.41) is 15.3. The molecule has 0 bridgehead atoms. The maximum atomic E-state index is 12.3. The average Bonchev–Trinajstić information content (AvgIpc) is 3.46. The van der Waals surface area contributed by atoms with Crippen molar-refractivity contribution in [2.75, 3.05) is 0 Å². The van der Waals surface area contributed by atoms with E-state index in [9.17, 15) is 4.79 Å². The van der Waals surface area contributed by atoms with Crippen molar-refractivity contribution in [2.45, 2.75) is 44.1 Å². The Balaban J connectivity index is 1.59. The van der Waals surface area contributed by atoms with Crippen LogP contribution in [-0.2, 0) is 5.75 Å². The van der Waals surface area contributed by atoms with Crippen LogP contribution in [0.3, 0.4) is 0 Å². The van der Waals surface area contributed by atoms with Gasteiger partial charge in [0.05, 0.1) is 11.4 Å². The maximum absolute atomic E-state index is 12.3. The number of nitrogens with zero attached hydrogens (tertiary/aromatic N) is 5. The minimum absolute atomic E-state index is 0.126. The third-order valence-electron chi connectivity index (χ3n) is 5.01. The predicted octanol–water partition coefficient (Wildman–Crippen LogP) is 4.91. The van der Waals surface area contributed by atoms with Crippen LogP contribution in [-0.4, -0.2) is 36.7 Å². The summed E-state index contributed by atoms with van der Waals surface area (Å²) in [6.45, 7) is 6.09. The molecular formula is C23H24N6OS2. The van der Waals surface area contributed by atoms with E-state index in [0.29, 0.717) is 11.4 Å². The normalized spacial score (nSPS) is 12.0. The summed E-state index contributed by atoms with van der Waals surface area (Å²) in [5.41, 5.74) is 3.50. The summed E-state index contributed by atoms with van der Waals surface area (Å²) >= 11 is 3.03. The van der Waals surface area contributed by atoms with Crippen LogP contribution < -0.4 is 5.32 Å². The maximum Gasteiger partial charge on any atom is 0.270 e. The Bertz CT molecular complexity index is 1200. The molecule has 32 heavy (non-hydrogen) atoms. The number of hydrogen-bond donors (Lipinski definition) is 1. The third kappa shape index (κ3) is 4.89. The first-order valence-electron chi connectivity index (χ1n) is 10.4. The number of benzene rings is 1. The Labute approximate surface area is 195 Å². The molecule has 0 aliphatic heterocycles. The molecule has 4 aromatic rings. The highest BCUT2D eigenvalue weighted by atomic mass is 32.2. The van der Waals surface area contributed by atoms with E-state index in [1.807, 2.05) is 38.1 Å². The van der Waals surface area contributed by atoms with Gasteiger partial charge in [0.2, 0.25) is 0 Å². The van der Waals surface area contributed by atoms with E-state index >= 15 is 0 Å². The number of pyridine rings is 1. The van der Waals surface area contributed by atoms with E-state index in [-0.39, 0.29) is 11.9 Å². The van der Waals surface area contributed by atoms with Gasteiger partial charge in [0.1, 0.15) is 10.7 Å². The molecule has 9 heteroatoms. The molecule has 0 saturated carbocycles. The number of aryl methyl sites for hydroxylation is 1. The zero-order valence-electron chi connectivity index (χ0n) is 18.1. The smallest absolute Gasteiger partial charge is 0.270 e. The minimum atomic E-state index is -0.131. The van der Waals surface area contributed by atoms with E-state index < -0.39 is 0 Å². The highest BCUT2D eigenvalue weighted by molar-refractivity contribution is 7.98. The number of nitrogens with one attached hydrogen (secondary N) is 1. The van der Waals surface area contributed by atoms with E-state index in [4.69, 9.17) is 0 Å². The first kappa shape index (κ1) is 22.2. The Hall–Kier alpha value is -3.04. The van der Waals surface area contributed by atoms with Crippen molar-refractivity contribution in [3.8, 4) is 17.1 Å². The average molecular weight is 465 g/mol. The monoisotopic (exact) mass is 464 g/mol. The summed E-state index contributed by atoms with van der Waals surface area (Å²) in [7, 11) is 0. The molecule has 0 fully saturated rings. The van der Waals surface area contributed by atoms with Gasteiger partial charge in [-0.2, -0.15) is 0 Å². The molecule has 4 rings (SSSR count). The van der Waals surface area contributed by atoms with Gasteiger partial charge in [-0.1, -0.05) is 36.9 Å². The molecule has 1 unspecified atom stereocenters. The molecule has 1 amide bonds. The van der Waals surface area contributed by atoms with Gasteiger partial charge >= 0.3 is 0 Å². The first-order valence-corrected chi connectivity index (χ1v) is 12.2. The summed E-state index contributed by atoms with van der Waals surface area (Å²) in [6.07, 6.45) is 4.41. The van der Waals surface area contributed by atoms with E-state index in [1.165, 1.54) is 11.3 Å². The second-order valence-electron chi connectivity index (χ2n) is 7.37. The SMILES string of the molecule is CCC(C)NC(=O)c1csc(CSc2nnc(-c3cccnc3)n2-c2ccccc2C)n1. The van der Waals surface area contributed by atoms with Crippen LogP contribution in [0, 0.1) is 6.92 Å². The number of thiazole rings is 1. The van der Waals surface area contributed by atoms with Gasteiger partial charge in [-0.15, -0.1) is 21.5 Å². The van der Waals surface area contributed by atoms with Crippen LogP contribution in [0.4, 0.5) is 0 Å². The van der Waals surface area contributed by atoms with Crippen LogP contribution in [0.2, 0.25) is 0 Å². The van der Waals surface area contributed by atoms with Gasteiger partial charge in [0, 0.05) is 29.4 Å². The molecule has 0 aliphatic rings.